The average Bonchev–Trinajstić information content (AvgIpc) is 2.39. The monoisotopic (exact) mass is 262 g/mol. The Morgan fingerprint density at radius 2 is 2.05 bits per heavy atom. The van der Waals surface area contributed by atoms with Crippen LogP contribution in [0.25, 0.3) is 0 Å². The summed E-state index contributed by atoms with van der Waals surface area (Å²) in [5.41, 5.74) is -0.0537. The van der Waals surface area contributed by atoms with Crippen LogP contribution < -0.4 is 10.1 Å². The van der Waals surface area contributed by atoms with Gasteiger partial charge in [-0.1, -0.05) is 0 Å². The highest BCUT2D eigenvalue weighted by Gasteiger charge is 2.07. The maximum absolute atomic E-state index is 11.4. The molecule has 19 heavy (non-hydrogen) atoms. The zero-order valence-electron chi connectivity index (χ0n) is 10.3. The normalized spacial score (nSPS) is 9.42. The predicted molar refractivity (Wildman–Crippen MR) is 69.8 cm³/mol. The summed E-state index contributed by atoms with van der Waals surface area (Å²) in [5.74, 6) is 2.77. The summed E-state index contributed by atoms with van der Waals surface area (Å²) in [6.07, 6.45) is 6.81. The number of carbonyl (C=O) groups excluding carboxylic acids is 1. The van der Waals surface area contributed by atoms with Gasteiger partial charge in [-0.05, 0) is 25.0 Å². The predicted octanol–water partition coefficient (Wildman–Crippen LogP) is 2.49. The van der Waals surface area contributed by atoms with Gasteiger partial charge in [0, 0.05) is 25.1 Å². The molecule has 100 valence electrons. The maximum atomic E-state index is 11.4. The van der Waals surface area contributed by atoms with Gasteiger partial charge in [-0.25, -0.2) is 4.79 Å². The van der Waals surface area contributed by atoms with E-state index in [1.807, 2.05) is 0 Å². The lowest BCUT2D eigenvalue weighted by Crippen LogP contribution is -2.27. The van der Waals surface area contributed by atoms with Crippen LogP contribution in [0.3, 0.4) is 0 Å². The van der Waals surface area contributed by atoms with Gasteiger partial charge < -0.3 is 10.1 Å². The van der Waals surface area contributed by atoms with Crippen molar-refractivity contribution in [1.82, 2.24) is 5.32 Å². The van der Waals surface area contributed by atoms with Gasteiger partial charge in [-0.15, -0.1) is 12.3 Å². The summed E-state index contributed by atoms with van der Waals surface area (Å²) in [4.78, 5) is 21.3. The largest absolute Gasteiger partial charge is 0.412 e. The Bertz CT molecular complexity index is 476. The number of carbonyl (C=O) groups is 1. The highest BCUT2D eigenvalue weighted by atomic mass is 16.6. The first-order valence-corrected chi connectivity index (χ1v) is 5.77. The smallest absolute Gasteiger partial charge is 0.410 e. The minimum absolute atomic E-state index is 0.0537. The Kier molecular flexibility index (Phi) is 5.89. The lowest BCUT2D eigenvalue weighted by molar-refractivity contribution is -0.384. The van der Waals surface area contributed by atoms with Crippen LogP contribution in [0.4, 0.5) is 10.5 Å². The molecule has 0 aliphatic carbocycles. The molecule has 1 aromatic carbocycles. The van der Waals surface area contributed by atoms with Crippen LogP contribution in [0.2, 0.25) is 0 Å². The molecule has 0 aliphatic heterocycles. The molecule has 0 aromatic heterocycles. The molecule has 1 rings (SSSR count). The number of nitrogens with one attached hydrogen (secondary N) is 1. The molecule has 0 spiro atoms. The summed E-state index contributed by atoms with van der Waals surface area (Å²) >= 11 is 0. The molecule has 0 radical (unpaired) electrons. The second-order valence-electron chi connectivity index (χ2n) is 3.73. The van der Waals surface area contributed by atoms with E-state index in [-0.39, 0.29) is 11.4 Å². The molecule has 0 fully saturated rings. The third-order valence-corrected chi connectivity index (χ3v) is 2.28. The quantitative estimate of drug-likeness (QED) is 0.369. The number of terminal acetylenes is 1. The highest BCUT2D eigenvalue weighted by Crippen LogP contribution is 2.17. The van der Waals surface area contributed by atoms with Crippen molar-refractivity contribution in [3.05, 3.63) is 34.4 Å². The summed E-state index contributed by atoms with van der Waals surface area (Å²) in [6, 6.07) is 5.29. The molecule has 1 N–H and O–H groups in total. The lowest BCUT2D eigenvalue weighted by atomic mass is 10.2. The van der Waals surface area contributed by atoms with Crippen molar-refractivity contribution in [2.45, 2.75) is 19.3 Å². The fourth-order valence-corrected chi connectivity index (χ4v) is 1.32. The Morgan fingerprint density at radius 3 is 2.63 bits per heavy atom. The summed E-state index contributed by atoms with van der Waals surface area (Å²) in [6.45, 7) is 0.480. The minimum Gasteiger partial charge on any atom is -0.410 e. The van der Waals surface area contributed by atoms with Crippen molar-refractivity contribution in [2.24, 2.45) is 0 Å². The van der Waals surface area contributed by atoms with E-state index >= 15 is 0 Å². The van der Waals surface area contributed by atoms with Crippen molar-refractivity contribution in [1.29, 1.82) is 0 Å². The van der Waals surface area contributed by atoms with Crippen LogP contribution in [0, 0.1) is 22.5 Å². The first-order chi connectivity index (χ1) is 9.13. The van der Waals surface area contributed by atoms with E-state index in [1.54, 1.807) is 0 Å². The van der Waals surface area contributed by atoms with Crippen LogP contribution in [0.1, 0.15) is 19.3 Å². The number of ether oxygens (including phenoxy) is 1. The van der Waals surface area contributed by atoms with Crippen molar-refractivity contribution < 1.29 is 14.5 Å². The highest BCUT2D eigenvalue weighted by molar-refractivity contribution is 5.70. The number of hydrogen-bond donors (Lipinski definition) is 1. The van der Waals surface area contributed by atoms with Crippen LogP contribution >= 0.6 is 0 Å². The third kappa shape index (κ3) is 5.55. The lowest BCUT2D eigenvalue weighted by Gasteiger charge is -2.05. The summed E-state index contributed by atoms with van der Waals surface area (Å²) in [7, 11) is 0. The van der Waals surface area contributed by atoms with Gasteiger partial charge in [0.1, 0.15) is 5.75 Å². The first-order valence-electron chi connectivity index (χ1n) is 5.77. The van der Waals surface area contributed by atoms with Gasteiger partial charge in [0.25, 0.3) is 5.69 Å². The molecule has 0 unspecified atom stereocenters. The molecule has 0 bridgehead atoms. The summed E-state index contributed by atoms with van der Waals surface area (Å²) < 4.78 is 4.94. The fourth-order valence-electron chi connectivity index (χ4n) is 1.32. The van der Waals surface area contributed by atoms with Crippen molar-refractivity contribution >= 4 is 11.8 Å². The zero-order chi connectivity index (χ0) is 14.1. The van der Waals surface area contributed by atoms with Crippen LogP contribution in [0.15, 0.2) is 24.3 Å². The van der Waals surface area contributed by atoms with Gasteiger partial charge in [-0.2, -0.15) is 0 Å². The number of nitrogens with zero attached hydrogens (tertiary/aromatic N) is 1. The third-order valence-electron chi connectivity index (χ3n) is 2.28. The maximum Gasteiger partial charge on any atom is 0.412 e. The Morgan fingerprint density at radius 1 is 1.37 bits per heavy atom. The van der Waals surface area contributed by atoms with E-state index in [1.165, 1.54) is 24.3 Å². The zero-order valence-corrected chi connectivity index (χ0v) is 10.3. The molecule has 0 aliphatic rings. The Balaban J connectivity index is 2.32. The average molecular weight is 262 g/mol. The molecule has 6 nitrogen and oxygen atoms in total. The molecule has 0 atom stereocenters. The van der Waals surface area contributed by atoms with Crippen molar-refractivity contribution in [2.75, 3.05) is 6.54 Å². The Labute approximate surface area is 110 Å². The molecule has 1 aromatic rings. The molecular formula is C13H14N2O4. The topological polar surface area (TPSA) is 81.5 Å². The van der Waals surface area contributed by atoms with Crippen LogP contribution in [0.5, 0.6) is 5.75 Å². The molecule has 1 amide bonds. The molecule has 6 heteroatoms. The fraction of sp³-hybridized carbons (Fsp3) is 0.308. The van der Waals surface area contributed by atoms with Gasteiger partial charge in [-0.3, -0.25) is 10.1 Å². The molecule has 0 heterocycles. The number of benzene rings is 1. The number of rotatable bonds is 6. The van der Waals surface area contributed by atoms with E-state index in [4.69, 9.17) is 11.2 Å². The second-order valence-corrected chi connectivity index (χ2v) is 3.73. The van der Waals surface area contributed by atoms with E-state index in [0.29, 0.717) is 13.0 Å². The first kappa shape index (κ1) is 14.5. The number of nitro groups is 1. The summed E-state index contributed by atoms with van der Waals surface area (Å²) in [5, 5.41) is 13.0. The van der Waals surface area contributed by atoms with E-state index in [9.17, 15) is 14.9 Å². The van der Waals surface area contributed by atoms with Gasteiger partial charge in [0.15, 0.2) is 0 Å². The van der Waals surface area contributed by atoms with Gasteiger partial charge in [0.05, 0.1) is 4.92 Å². The van der Waals surface area contributed by atoms with Crippen LogP contribution in [-0.4, -0.2) is 17.6 Å². The Hall–Kier alpha value is -2.55. The number of hydrogen-bond acceptors (Lipinski definition) is 4. The molecule has 0 saturated heterocycles. The number of non-ortho nitro benzene ring substituents is 1. The number of amides is 1. The van der Waals surface area contributed by atoms with E-state index in [0.717, 1.165) is 12.8 Å². The number of nitro benzene ring substituents is 1. The second kappa shape index (κ2) is 7.71. The van der Waals surface area contributed by atoms with Gasteiger partial charge >= 0.3 is 6.09 Å². The molecule has 0 saturated carbocycles. The van der Waals surface area contributed by atoms with Crippen LogP contribution in [-0.2, 0) is 0 Å². The standard InChI is InChI=1S/C13H14N2O4/c1-2-3-4-5-10-14-13(16)19-12-8-6-11(7-9-12)15(17)18/h1,6-9H,3-5,10H2,(H,14,16). The SMILES string of the molecule is C#CCCCCNC(=O)Oc1ccc([N+](=O)[O-])cc1. The van der Waals surface area contributed by atoms with Crippen molar-refractivity contribution in [3.8, 4) is 18.1 Å². The molecular weight excluding hydrogens is 248 g/mol. The van der Waals surface area contributed by atoms with Crippen molar-refractivity contribution in [3.63, 3.8) is 0 Å². The van der Waals surface area contributed by atoms with E-state index < -0.39 is 11.0 Å². The minimum atomic E-state index is -0.588. The van der Waals surface area contributed by atoms with Gasteiger partial charge in [0.2, 0.25) is 0 Å². The van der Waals surface area contributed by atoms with E-state index in [2.05, 4.69) is 11.2 Å². The number of unbranched alkanes of at least 4 members (excludes halogenated alkanes) is 2.